The summed E-state index contributed by atoms with van der Waals surface area (Å²) in [6.07, 6.45) is 2.92. The fourth-order valence-corrected chi connectivity index (χ4v) is 2.11. The van der Waals surface area contributed by atoms with Crippen molar-refractivity contribution < 1.29 is 9.53 Å². The molecule has 0 atom stereocenters. The monoisotopic (exact) mass is 298 g/mol. The van der Waals surface area contributed by atoms with E-state index in [1.54, 1.807) is 17.8 Å². The summed E-state index contributed by atoms with van der Waals surface area (Å²) in [7, 11) is 0. The predicted molar refractivity (Wildman–Crippen MR) is 79.8 cm³/mol. The molecule has 0 saturated carbocycles. The molecule has 0 spiro atoms. The second-order valence-corrected chi connectivity index (χ2v) is 4.63. The number of carbonyl (C=O) groups excluding carboxylic acids is 1. The molecule has 7 nitrogen and oxygen atoms in total. The van der Waals surface area contributed by atoms with Gasteiger partial charge in [0.1, 0.15) is 18.3 Å². The second-order valence-electron chi connectivity index (χ2n) is 4.63. The summed E-state index contributed by atoms with van der Waals surface area (Å²) in [6, 6.07) is 9.42. The summed E-state index contributed by atoms with van der Waals surface area (Å²) in [5.74, 6) is -0.471. The highest BCUT2D eigenvalue weighted by atomic mass is 16.5. The van der Waals surface area contributed by atoms with Crippen LogP contribution in [0, 0.1) is 0 Å². The van der Waals surface area contributed by atoms with Crippen molar-refractivity contribution in [2.24, 2.45) is 0 Å². The van der Waals surface area contributed by atoms with Crippen molar-refractivity contribution in [3.63, 3.8) is 0 Å². The maximum absolute atomic E-state index is 12.4. The minimum Gasteiger partial charge on any atom is -0.465 e. The van der Waals surface area contributed by atoms with Gasteiger partial charge in [-0.3, -0.25) is 14.2 Å². The number of rotatable bonds is 4. The summed E-state index contributed by atoms with van der Waals surface area (Å²) in [6.45, 7) is 1.83. The smallest absolute Gasteiger partial charge is 0.326 e. The van der Waals surface area contributed by atoms with Crippen molar-refractivity contribution in [1.29, 1.82) is 0 Å². The Labute approximate surface area is 125 Å². The van der Waals surface area contributed by atoms with Crippen molar-refractivity contribution in [3.05, 3.63) is 53.2 Å². The molecule has 22 heavy (non-hydrogen) atoms. The van der Waals surface area contributed by atoms with Crippen LogP contribution in [-0.2, 0) is 16.1 Å². The van der Waals surface area contributed by atoms with Crippen LogP contribution in [0.5, 0.6) is 0 Å². The van der Waals surface area contributed by atoms with E-state index in [0.29, 0.717) is 11.0 Å². The minimum atomic E-state index is -0.471. The van der Waals surface area contributed by atoms with Crippen molar-refractivity contribution in [1.82, 2.24) is 19.3 Å². The van der Waals surface area contributed by atoms with Gasteiger partial charge in [-0.1, -0.05) is 18.2 Å². The third-order valence-electron chi connectivity index (χ3n) is 3.13. The largest absolute Gasteiger partial charge is 0.465 e. The highest BCUT2D eigenvalue weighted by Crippen LogP contribution is 2.10. The van der Waals surface area contributed by atoms with Crippen LogP contribution >= 0.6 is 0 Å². The number of fused-ring (bicyclic) bond motifs is 1. The zero-order valence-electron chi connectivity index (χ0n) is 12.0. The minimum absolute atomic E-state index is 0.161. The Hall–Kier alpha value is -2.96. The van der Waals surface area contributed by atoms with Gasteiger partial charge in [0.15, 0.2) is 5.65 Å². The lowest BCUT2D eigenvalue weighted by Crippen LogP contribution is -2.25. The van der Waals surface area contributed by atoms with E-state index < -0.39 is 5.97 Å². The van der Waals surface area contributed by atoms with Gasteiger partial charge >= 0.3 is 5.97 Å². The fourth-order valence-electron chi connectivity index (χ4n) is 2.11. The highest BCUT2D eigenvalue weighted by molar-refractivity contribution is 5.74. The van der Waals surface area contributed by atoms with Crippen LogP contribution in [-0.4, -0.2) is 31.9 Å². The standard InChI is InChI=1S/C15H14N4O3/c1-2-22-13(20)9-18-10-16-14-12(15(18)21)8-19(17-14)11-6-4-3-5-7-11/h3-8,10H,2,9H2,1H3. The lowest BCUT2D eigenvalue weighted by molar-refractivity contribution is -0.143. The Morgan fingerprint density at radius 1 is 1.27 bits per heavy atom. The normalized spacial score (nSPS) is 10.8. The van der Waals surface area contributed by atoms with Gasteiger partial charge in [-0.25, -0.2) is 9.67 Å². The first-order valence-electron chi connectivity index (χ1n) is 6.85. The van der Waals surface area contributed by atoms with E-state index >= 15 is 0 Å². The fraction of sp³-hybridized carbons (Fsp3) is 0.200. The summed E-state index contributed by atoms with van der Waals surface area (Å²) in [5.41, 5.74) is 0.853. The number of hydrogen-bond donors (Lipinski definition) is 0. The molecule has 0 radical (unpaired) electrons. The molecule has 0 aliphatic rings. The molecule has 0 aliphatic carbocycles. The number of para-hydroxylation sites is 1. The SMILES string of the molecule is CCOC(=O)Cn1cnc2nn(-c3ccccc3)cc2c1=O. The molecular formula is C15H14N4O3. The molecule has 0 bridgehead atoms. The highest BCUT2D eigenvalue weighted by Gasteiger charge is 2.12. The first-order chi connectivity index (χ1) is 10.7. The Morgan fingerprint density at radius 3 is 2.77 bits per heavy atom. The molecule has 2 aromatic heterocycles. The maximum atomic E-state index is 12.4. The maximum Gasteiger partial charge on any atom is 0.326 e. The van der Waals surface area contributed by atoms with E-state index in [4.69, 9.17) is 4.74 Å². The molecule has 2 heterocycles. The lowest BCUT2D eigenvalue weighted by Gasteiger charge is -2.03. The molecule has 0 N–H and O–H groups in total. The molecule has 0 fully saturated rings. The molecule has 0 amide bonds. The van der Waals surface area contributed by atoms with Gasteiger partial charge in [0.25, 0.3) is 5.56 Å². The van der Waals surface area contributed by atoms with Crippen LogP contribution in [0.2, 0.25) is 0 Å². The number of benzene rings is 1. The molecule has 0 saturated heterocycles. The summed E-state index contributed by atoms with van der Waals surface area (Å²) in [4.78, 5) is 28.0. The quantitative estimate of drug-likeness (QED) is 0.675. The number of ether oxygens (including phenoxy) is 1. The average molecular weight is 298 g/mol. The van der Waals surface area contributed by atoms with E-state index in [1.165, 1.54) is 10.9 Å². The first kappa shape index (κ1) is 14.0. The summed E-state index contributed by atoms with van der Waals surface area (Å²) >= 11 is 0. The van der Waals surface area contributed by atoms with Gasteiger partial charge in [0.05, 0.1) is 12.3 Å². The van der Waals surface area contributed by atoms with Crippen LogP contribution in [0.3, 0.4) is 0 Å². The van der Waals surface area contributed by atoms with Gasteiger partial charge in [-0.15, -0.1) is 5.10 Å². The van der Waals surface area contributed by atoms with E-state index in [9.17, 15) is 9.59 Å². The number of carbonyl (C=O) groups is 1. The van der Waals surface area contributed by atoms with Crippen molar-refractivity contribution >= 4 is 17.0 Å². The number of aromatic nitrogens is 4. The zero-order chi connectivity index (χ0) is 15.5. The molecule has 0 unspecified atom stereocenters. The molecule has 3 rings (SSSR count). The van der Waals surface area contributed by atoms with E-state index in [1.807, 2.05) is 30.3 Å². The third kappa shape index (κ3) is 2.60. The Kier molecular flexibility index (Phi) is 3.69. The number of nitrogens with zero attached hydrogens (tertiary/aromatic N) is 4. The molecular weight excluding hydrogens is 284 g/mol. The van der Waals surface area contributed by atoms with E-state index in [0.717, 1.165) is 5.69 Å². The number of esters is 1. The van der Waals surface area contributed by atoms with E-state index in [-0.39, 0.29) is 18.7 Å². The molecule has 7 heteroatoms. The first-order valence-corrected chi connectivity index (χ1v) is 6.85. The summed E-state index contributed by atoms with van der Waals surface area (Å²) < 4.78 is 7.65. The second kappa shape index (κ2) is 5.80. The van der Waals surface area contributed by atoms with Gasteiger partial charge in [-0.2, -0.15) is 0 Å². The molecule has 112 valence electrons. The van der Waals surface area contributed by atoms with Crippen LogP contribution in [0.25, 0.3) is 16.7 Å². The average Bonchev–Trinajstić information content (AvgIpc) is 2.96. The Balaban J connectivity index is 2.01. The van der Waals surface area contributed by atoms with Gasteiger partial charge in [0.2, 0.25) is 0 Å². The van der Waals surface area contributed by atoms with E-state index in [2.05, 4.69) is 10.1 Å². The van der Waals surface area contributed by atoms with Gasteiger partial charge < -0.3 is 4.74 Å². The molecule has 0 aliphatic heterocycles. The molecule has 1 aromatic carbocycles. The third-order valence-corrected chi connectivity index (χ3v) is 3.13. The van der Waals surface area contributed by atoms with Crippen molar-refractivity contribution in [3.8, 4) is 5.69 Å². The lowest BCUT2D eigenvalue weighted by atomic mass is 10.3. The van der Waals surface area contributed by atoms with Gasteiger partial charge in [0, 0.05) is 6.20 Å². The zero-order valence-corrected chi connectivity index (χ0v) is 12.0. The van der Waals surface area contributed by atoms with Crippen LogP contribution in [0.1, 0.15) is 6.92 Å². The van der Waals surface area contributed by atoms with Crippen molar-refractivity contribution in [2.45, 2.75) is 13.5 Å². The summed E-state index contributed by atoms with van der Waals surface area (Å²) in [5, 5.41) is 4.63. The van der Waals surface area contributed by atoms with Gasteiger partial charge in [-0.05, 0) is 19.1 Å². The topological polar surface area (TPSA) is 79.0 Å². The predicted octanol–water partition coefficient (Wildman–Crippen LogP) is 1.15. The van der Waals surface area contributed by atoms with Crippen LogP contribution in [0.4, 0.5) is 0 Å². The van der Waals surface area contributed by atoms with Crippen LogP contribution in [0.15, 0.2) is 47.7 Å². The number of hydrogen-bond acceptors (Lipinski definition) is 5. The Morgan fingerprint density at radius 2 is 2.05 bits per heavy atom. The Bertz CT molecular complexity index is 867. The molecule has 3 aromatic rings. The van der Waals surface area contributed by atoms with Crippen LogP contribution < -0.4 is 5.56 Å². The van der Waals surface area contributed by atoms with Crippen molar-refractivity contribution in [2.75, 3.05) is 6.61 Å².